The Balaban J connectivity index is 1.77. The normalized spacial score (nSPS) is 11.7. The second-order valence-electron chi connectivity index (χ2n) is 7.06. The average Bonchev–Trinajstić information content (AvgIpc) is 2.79. The number of rotatable bonds is 7. The van der Waals surface area contributed by atoms with Crippen LogP contribution in [0, 0.1) is 30.2 Å². The average molecular weight is 486 g/mol. The van der Waals surface area contributed by atoms with E-state index in [0.717, 1.165) is 17.3 Å². The molecule has 180 valence electrons. The molecule has 3 aromatic carbocycles. The van der Waals surface area contributed by atoms with Crippen molar-refractivity contribution < 1.29 is 40.2 Å². The Morgan fingerprint density at radius 2 is 1.50 bits per heavy atom. The van der Waals surface area contributed by atoms with Crippen molar-refractivity contribution in [2.45, 2.75) is 19.7 Å². The summed E-state index contributed by atoms with van der Waals surface area (Å²) in [5, 5.41) is 3.45. The van der Waals surface area contributed by atoms with Gasteiger partial charge in [0, 0.05) is 0 Å². The molecule has 1 N–H and O–H groups in total. The van der Waals surface area contributed by atoms with Crippen LogP contribution in [0.5, 0.6) is 11.5 Å². The van der Waals surface area contributed by atoms with Crippen LogP contribution in [-0.4, -0.2) is 13.3 Å². The Bertz CT molecular complexity index is 1180. The summed E-state index contributed by atoms with van der Waals surface area (Å²) in [6, 6.07) is 12.2. The van der Waals surface area contributed by atoms with Crippen molar-refractivity contribution in [2.75, 3.05) is 12.5 Å². The Morgan fingerprint density at radius 3 is 2.06 bits per heavy atom. The highest BCUT2D eigenvalue weighted by molar-refractivity contribution is 5.81. The van der Waals surface area contributed by atoms with Crippen LogP contribution >= 0.6 is 0 Å². The molecule has 0 aliphatic carbocycles. The van der Waals surface area contributed by atoms with Crippen molar-refractivity contribution in [3.8, 4) is 11.5 Å². The van der Waals surface area contributed by atoms with Gasteiger partial charge in [0.2, 0.25) is 0 Å². The third-order valence-corrected chi connectivity index (χ3v) is 4.64. The molecule has 0 fully saturated rings. The summed E-state index contributed by atoms with van der Waals surface area (Å²) in [5.74, 6) is -9.01. The van der Waals surface area contributed by atoms with Crippen LogP contribution < -0.4 is 14.9 Å². The minimum Gasteiger partial charge on any atom is -0.493 e. The van der Waals surface area contributed by atoms with E-state index in [9.17, 15) is 30.7 Å². The lowest BCUT2D eigenvalue weighted by atomic mass is 10.1. The molecule has 0 unspecified atom stereocenters. The van der Waals surface area contributed by atoms with Crippen molar-refractivity contribution in [1.82, 2.24) is 0 Å². The highest BCUT2D eigenvalue weighted by Gasteiger charge is 2.42. The molecule has 0 radical (unpaired) electrons. The standard InChI is InChI=1S/C23H17F7N2O2/c1-12-3-5-13(6-4-12)11-34-15-8-7-14(9-16(15)33-2)10-31-32-22-20(26)18(24)17(23(28,29)30)19(25)21(22)27/h3-10,32H,11H2,1-2H3/b31-10-. The molecule has 0 heterocycles. The number of nitrogens with one attached hydrogen (secondary N) is 1. The van der Waals surface area contributed by atoms with E-state index in [4.69, 9.17) is 9.47 Å². The number of methoxy groups -OCH3 is 1. The Morgan fingerprint density at radius 1 is 0.882 bits per heavy atom. The summed E-state index contributed by atoms with van der Waals surface area (Å²) in [7, 11) is 1.38. The van der Waals surface area contributed by atoms with E-state index in [2.05, 4.69) is 5.10 Å². The summed E-state index contributed by atoms with van der Waals surface area (Å²) in [5.41, 5.74) is -0.144. The number of ether oxygens (including phenoxy) is 2. The molecule has 4 nitrogen and oxygen atoms in total. The Hall–Kier alpha value is -3.76. The molecule has 11 heteroatoms. The number of hydrogen-bond donors (Lipinski definition) is 1. The fraction of sp³-hybridized carbons (Fsp3) is 0.174. The summed E-state index contributed by atoms with van der Waals surface area (Å²) in [6.07, 6.45) is -4.61. The van der Waals surface area contributed by atoms with E-state index < -0.39 is 40.7 Å². The van der Waals surface area contributed by atoms with E-state index in [1.54, 1.807) is 5.43 Å². The van der Waals surface area contributed by atoms with Gasteiger partial charge in [0.25, 0.3) is 0 Å². The molecule has 3 aromatic rings. The minimum atomic E-state index is -5.63. The quantitative estimate of drug-likeness (QED) is 0.177. The van der Waals surface area contributed by atoms with Gasteiger partial charge in [-0.1, -0.05) is 29.8 Å². The first-order chi connectivity index (χ1) is 16.0. The zero-order valence-electron chi connectivity index (χ0n) is 17.7. The van der Waals surface area contributed by atoms with Crippen LogP contribution in [0.1, 0.15) is 22.3 Å². The van der Waals surface area contributed by atoms with Gasteiger partial charge in [-0.2, -0.15) is 18.3 Å². The van der Waals surface area contributed by atoms with Crippen molar-refractivity contribution in [3.63, 3.8) is 0 Å². The van der Waals surface area contributed by atoms with Gasteiger partial charge in [0.1, 0.15) is 17.9 Å². The van der Waals surface area contributed by atoms with Crippen molar-refractivity contribution in [2.24, 2.45) is 5.10 Å². The summed E-state index contributed by atoms with van der Waals surface area (Å²) in [4.78, 5) is 0. The molecule has 0 aromatic heterocycles. The van der Waals surface area contributed by atoms with Crippen LogP contribution in [0.4, 0.5) is 36.4 Å². The lowest BCUT2D eigenvalue weighted by Crippen LogP contribution is -2.16. The first-order valence-corrected chi connectivity index (χ1v) is 9.61. The van der Waals surface area contributed by atoms with E-state index in [1.165, 1.54) is 25.3 Å². The summed E-state index contributed by atoms with van der Waals surface area (Å²) >= 11 is 0. The molecule has 0 aliphatic heterocycles. The number of alkyl halides is 3. The predicted octanol–water partition coefficient (Wildman–Crippen LogP) is 6.60. The van der Waals surface area contributed by atoms with Gasteiger partial charge >= 0.3 is 6.18 Å². The number of benzene rings is 3. The van der Waals surface area contributed by atoms with Gasteiger partial charge in [-0.25, -0.2) is 17.6 Å². The molecule has 3 rings (SSSR count). The number of hydrogen-bond acceptors (Lipinski definition) is 4. The van der Waals surface area contributed by atoms with E-state index in [1.807, 2.05) is 31.2 Å². The van der Waals surface area contributed by atoms with Crippen LogP contribution in [0.15, 0.2) is 47.6 Å². The predicted molar refractivity (Wildman–Crippen MR) is 111 cm³/mol. The van der Waals surface area contributed by atoms with E-state index in [0.29, 0.717) is 17.1 Å². The van der Waals surface area contributed by atoms with Gasteiger partial charge < -0.3 is 9.47 Å². The summed E-state index contributed by atoms with van der Waals surface area (Å²) in [6.45, 7) is 2.21. The van der Waals surface area contributed by atoms with E-state index >= 15 is 0 Å². The van der Waals surface area contributed by atoms with Crippen LogP contribution in [0.3, 0.4) is 0 Å². The maximum absolute atomic E-state index is 13.9. The molecular formula is C23H17F7N2O2. The van der Waals surface area contributed by atoms with Crippen molar-refractivity contribution in [1.29, 1.82) is 0 Å². The number of aryl methyl sites for hydroxylation is 1. The van der Waals surface area contributed by atoms with Gasteiger partial charge in [0.05, 0.1) is 13.3 Å². The molecule has 0 atom stereocenters. The monoisotopic (exact) mass is 486 g/mol. The topological polar surface area (TPSA) is 42.8 Å². The SMILES string of the molecule is COc1cc(/C=N\Nc2c(F)c(F)c(C(F)(F)F)c(F)c2F)ccc1OCc1ccc(C)cc1. The van der Waals surface area contributed by atoms with Gasteiger partial charge in [-0.3, -0.25) is 5.43 Å². The molecular weight excluding hydrogens is 469 g/mol. The van der Waals surface area contributed by atoms with Crippen LogP contribution in [-0.2, 0) is 12.8 Å². The number of halogens is 7. The zero-order chi connectivity index (χ0) is 25.0. The smallest absolute Gasteiger partial charge is 0.422 e. The summed E-state index contributed by atoms with van der Waals surface area (Å²) < 4.78 is 104. The molecule has 0 aliphatic rings. The molecule has 0 spiro atoms. The molecule has 0 saturated heterocycles. The fourth-order valence-corrected chi connectivity index (χ4v) is 2.88. The Labute approximate surface area is 189 Å². The molecule has 0 bridgehead atoms. The molecule has 0 amide bonds. The van der Waals surface area contributed by atoms with Crippen LogP contribution in [0.2, 0.25) is 0 Å². The maximum Gasteiger partial charge on any atom is 0.422 e. The maximum atomic E-state index is 13.9. The van der Waals surface area contributed by atoms with E-state index in [-0.39, 0.29) is 6.61 Å². The molecule has 0 saturated carbocycles. The van der Waals surface area contributed by atoms with Crippen molar-refractivity contribution >= 4 is 11.9 Å². The van der Waals surface area contributed by atoms with Crippen LogP contribution in [0.25, 0.3) is 0 Å². The van der Waals surface area contributed by atoms with Gasteiger partial charge in [-0.05, 0) is 36.2 Å². The lowest BCUT2D eigenvalue weighted by molar-refractivity contribution is -0.143. The third kappa shape index (κ3) is 5.41. The zero-order valence-corrected chi connectivity index (χ0v) is 17.7. The highest BCUT2D eigenvalue weighted by atomic mass is 19.4. The lowest BCUT2D eigenvalue weighted by Gasteiger charge is -2.13. The van der Waals surface area contributed by atoms with Gasteiger partial charge in [-0.15, -0.1) is 0 Å². The number of anilines is 1. The first-order valence-electron chi connectivity index (χ1n) is 9.61. The molecule has 34 heavy (non-hydrogen) atoms. The first kappa shape index (κ1) is 24.9. The Kier molecular flexibility index (Phi) is 7.33. The number of hydrazone groups is 1. The highest BCUT2D eigenvalue weighted by Crippen LogP contribution is 2.38. The number of nitrogens with zero attached hydrogens (tertiary/aromatic N) is 1. The second-order valence-corrected chi connectivity index (χ2v) is 7.06. The van der Waals surface area contributed by atoms with Crippen molar-refractivity contribution in [3.05, 3.63) is 88.0 Å². The van der Waals surface area contributed by atoms with Gasteiger partial charge in [0.15, 0.2) is 34.8 Å². The third-order valence-electron chi connectivity index (χ3n) is 4.64. The largest absolute Gasteiger partial charge is 0.493 e. The second kappa shape index (κ2) is 10.0. The minimum absolute atomic E-state index is 0.259. The fourth-order valence-electron chi connectivity index (χ4n) is 2.88.